The van der Waals surface area contributed by atoms with Crippen LogP contribution in [-0.2, 0) is 6.54 Å². The molecule has 106 valence electrons. The van der Waals surface area contributed by atoms with Crippen LogP contribution in [0.15, 0.2) is 36.4 Å². The summed E-state index contributed by atoms with van der Waals surface area (Å²) >= 11 is 12.0. The average molecular weight is 319 g/mol. The molecule has 0 radical (unpaired) electrons. The Balaban J connectivity index is 2.24. The fourth-order valence-corrected chi connectivity index (χ4v) is 2.34. The maximum absolute atomic E-state index is 11.4. The molecule has 0 atom stereocenters. The Bertz CT molecular complexity index is 736. The number of rotatable bonds is 4. The van der Waals surface area contributed by atoms with Crippen molar-refractivity contribution in [1.82, 2.24) is 0 Å². The van der Waals surface area contributed by atoms with Crippen molar-refractivity contribution in [2.75, 3.05) is 5.32 Å². The first-order valence-electron chi connectivity index (χ1n) is 6.24. The highest BCUT2D eigenvalue weighted by atomic mass is 35.5. The van der Waals surface area contributed by atoms with Crippen LogP contribution in [0.3, 0.4) is 0 Å². The van der Waals surface area contributed by atoms with Crippen molar-refractivity contribution in [1.29, 1.82) is 5.26 Å². The molecule has 2 aromatic rings. The van der Waals surface area contributed by atoms with Crippen molar-refractivity contribution in [3.05, 3.63) is 63.1 Å². The third-order valence-corrected chi connectivity index (χ3v) is 3.62. The molecule has 2 rings (SSSR count). The molecular weight excluding hydrogens is 307 g/mol. The largest absolute Gasteiger partial charge is 0.380 e. The lowest BCUT2D eigenvalue weighted by molar-refractivity contribution is 0.101. The van der Waals surface area contributed by atoms with E-state index in [9.17, 15) is 4.79 Å². The molecule has 0 spiro atoms. The second-order valence-electron chi connectivity index (χ2n) is 4.52. The van der Waals surface area contributed by atoms with E-state index in [2.05, 4.69) is 11.4 Å². The molecule has 2 aromatic carbocycles. The molecule has 5 heteroatoms. The number of carbonyl (C=O) groups excluding carboxylic acids is 1. The molecule has 0 fully saturated rings. The maximum Gasteiger partial charge on any atom is 0.159 e. The summed E-state index contributed by atoms with van der Waals surface area (Å²) in [5.41, 5.74) is 2.50. The van der Waals surface area contributed by atoms with Gasteiger partial charge in [0, 0.05) is 22.2 Å². The van der Waals surface area contributed by atoms with Gasteiger partial charge in [-0.3, -0.25) is 4.79 Å². The van der Waals surface area contributed by atoms with E-state index < -0.39 is 0 Å². The van der Waals surface area contributed by atoms with Crippen LogP contribution in [0.2, 0.25) is 10.0 Å². The Kier molecular flexibility index (Phi) is 4.85. The van der Waals surface area contributed by atoms with E-state index in [1.807, 2.05) is 6.07 Å². The average Bonchev–Trinajstić information content (AvgIpc) is 2.46. The predicted octanol–water partition coefficient (Wildman–Crippen LogP) is 4.68. The fraction of sp³-hybridized carbons (Fsp3) is 0.125. The molecule has 0 bridgehead atoms. The molecule has 0 unspecified atom stereocenters. The summed E-state index contributed by atoms with van der Waals surface area (Å²) in [5.74, 6) is -0.0490. The van der Waals surface area contributed by atoms with E-state index in [0.29, 0.717) is 33.4 Å². The summed E-state index contributed by atoms with van der Waals surface area (Å²) in [5, 5.41) is 13.4. The lowest BCUT2D eigenvalue weighted by Gasteiger charge is -2.11. The molecule has 21 heavy (non-hydrogen) atoms. The Morgan fingerprint density at radius 2 is 2.00 bits per heavy atom. The minimum Gasteiger partial charge on any atom is -0.380 e. The number of carbonyl (C=O) groups is 1. The van der Waals surface area contributed by atoms with Gasteiger partial charge >= 0.3 is 0 Å². The van der Waals surface area contributed by atoms with Crippen molar-refractivity contribution >= 4 is 34.7 Å². The fourth-order valence-electron chi connectivity index (χ4n) is 1.86. The normalized spacial score (nSPS) is 10.0. The van der Waals surface area contributed by atoms with Gasteiger partial charge in [0.25, 0.3) is 0 Å². The summed E-state index contributed by atoms with van der Waals surface area (Å²) in [4.78, 5) is 11.4. The van der Waals surface area contributed by atoms with Gasteiger partial charge in [0.15, 0.2) is 5.78 Å². The van der Waals surface area contributed by atoms with Crippen molar-refractivity contribution in [3.63, 3.8) is 0 Å². The summed E-state index contributed by atoms with van der Waals surface area (Å²) in [7, 11) is 0. The van der Waals surface area contributed by atoms with Gasteiger partial charge in [-0.2, -0.15) is 5.26 Å². The molecule has 1 N–H and O–H groups in total. The van der Waals surface area contributed by atoms with E-state index in [4.69, 9.17) is 28.5 Å². The van der Waals surface area contributed by atoms with E-state index >= 15 is 0 Å². The number of nitrogens with one attached hydrogen (secondary N) is 1. The minimum absolute atomic E-state index is 0.0490. The molecule has 0 heterocycles. The first-order chi connectivity index (χ1) is 10.0. The number of Topliss-reactive ketones (excluding diaryl/α,β-unsaturated/α-hetero) is 1. The van der Waals surface area contributed by atoms with Crippen LogP contribution in [0.5, 0.6) is 0 Å². The zero-order valence-corrected chi connectivity index (χ0v) is 12.8. The van der Waals surface area contributed by atoms with Crippen LogP contribution >= 0.6 is 23.2 Å². The van der Waals surface area contributed by atoms with Crippen molar-refractivity contribution in [2.24, 2.45) is 0 Å². The number of ketones is 1. The van der Waals surface area contributed by atoms with Crippen molar-refractivity contribution in [3.8, 4) is 6.07 Å². The highest BCUT2D eigenvalue weighted by molar-refractivity contribution is 6.35. The molecule has 0 aliphatic heterocycles. The second kappa shape index (κ2) is 6.62. The number of anilines is 1. The summed E-state index contributed by atoms with van der Waals surface area (Å²) in [6.07, 6.45) is 0. The summed E-state index contributed by atoms with van der Waals surface area (Å²) in [6, 6.07) is 12.3. The topological polar surface area (TPSA) is 52.9 Å². The number of benzene rings is 2. The Morgan fingerprint density at radius 1 is 1.24 bits per heavy atom. The zero-order chi connectivity index (χ0) is 15.4. The van der Waals surface area contributed by atoms with E-state index in [0.717, 1.165) is 5.56 Å². The minimum atomic E-state index is -0.0490. The third-order valence-electron chi connectivity index (χ3n) is 3.03. The van der Waals surface area contributed by atoms with Gasteiger partial charge in [0.05, 0.1) is 11.3 Å². The lowest BCUT2D eigenvalue weighted by Crippen LogP contribution is -2.03. The van der Waals surface area contributed by atoms with Crippen LogP contribution in [0.1, 0.15) is 28.4 Å². The van der Waals surface area contributed by atoms with Gasteiger partial charge in [0.1, 0.15) is 6.07 Å². The molecular formula is C16H12Cl2N2O. The van der Waals surface area contributed by atoms with Crippen LogP contribution in [0.25, 0.3) is 0 Å². The number of nitrogens with zero attached hydrogens (tertiary/aromatic N) is 1. The molecule has 0 saturated carbocycles. The van der Waals surface area contributed by atoms with E-state index in [-0.39, 0.29) is 5.78 Å². The van der Waals surface area contributed by atoms with Gasteiger partial charge in [-0.25, -0.2) is 0 Å². The molecule has 3 nitrogen and oxygen atoms in total. The maximum atomic E-state index is 11.4. The van der Waals surface area contributed by atoms with Crippen molar-refractivity contribution in [2.45, 2.75) is 13.5 Å². The molecule has 0 aromatic heterocycles. The second-order valence-corrected chi connectivity index (χ2v) is 5.36. The first-order valence-corrected chi connectivity index (χ1v) is 6.99. The SMILES string of the molecule is CC(=O)c1ccc(C#N)c(NCc2ccc(Cl)cc2Cl)c1. The first kappa shape index (κ1) is 15.4. The number of nitriles is 1. The third kappa shape index (κ3) is 3.75. The molecule has 0 aliphatic carbocycles. The number of halogens is 2. The van der Waals surface area contributed by atoms with Crippen LogP contribution in [-0.4, -0.2) is 5.78 Å². The highest BCUT2D eigenvalue weighted by Gasteiger charge is 2.07. The van der Waals surface area contributed by atoms with E-state index in [1.54, 1.807) is 30.3 Å². The Morgan fingerprint density at radius 3 is 2.62 bits per heavy atom. The van der Waals surface area contributed by atoms with Gasteiger partial charge in [-0.05, 0) is 42.8 Å². The van der Waals surface area contributed by atoms with Gasteiger partial charge in [0.2, 0.25) is 0 Å². The Hall–Kier alpha value is -2.02. The zero-order valence-electron chi connectivity index (χ0n) is 11.3. The van der Waals surface area contributed by atoms with Gasteiger partial charge in [-0.15, -0.1) is 0 Å². The van der Waals surface area contributed by atoms with Crippen LogP contribution < -0.4 is 5.32 Å². The van der Waals surface area contributed by atoms with E-state index in [1.165, 1.54) is 6.92 Å². The summed E-state index contributed by atoms with van der Waals surface area (Å²) < 4.78 is 0. The summed E-state index contributed by atoms with van der Waals surface area (Å²) in [6.45, 7) is 1.92. The monoisotopic (exact) mass is 318 g/mol. The van der Waals surface area contributed by atoms with Gasteiger partial charge in [-0.1, -0.05) is 29.3 Å². The van der Waals surface area contributed by atoms with Gasteiger partial charge < -0.3 is 5.32 Å². The van der Waals surface area contributed by atoms with Crippen LogP contribution in [0, 0.1) is 11.3 Å². The number of hydrogen-bond acceptors (Lipinski definition) is 3. The quantitative estimate of drug-likeness (QED) is 0.833. The molecule has 0 amide bonds. The Labute approximate surface area is 133 Å². The highest BCUT2D eigenvalue weighted by Crippen LogP contribution is 2.23. The van der Waals surface area contributed by atoms with Crippen LogP contribution in [0.4, 0.5) is 5.69 Å². The molecule has 0 saturated heterocycles. The standard InChI is InChI=1S/C16H12Cl2N2O/c1-10(21)11-2-3-12(8-19)16(6-11)20-9-13-4-5-14(17)7-15(13)18/h2-7,20H,9H2,1H3. The smallest absolute Gasteiger partial charge is 0.159 e. The predicted molar refractivity (Wildman–Crippen MR) is 85.0 cm³/mol. The van der Waals surface area contributed by atoms with Crippen molar-refractivity contribution < 1.29 is 4.79 Å². The molecule has 0 aliphatic rings. The number of hydrogen-bond donors (Lipinski definition) is 1. The lowest BCUT2D eigenvalue weighted by atomic mass is 10.1.